The Hall–Kier alpha value is -1.92. The molecule has 0 heterocycles. The van der Waals surface area contributed by atoms with Crippen LogP contribution < -0.4 is 5.32 Å². The molecule has 0 bridgehead atoms. The van der Waals surface area contributed by atoms with Crippen molar-refractivity contribution in [3.63, 3.8) is 0 Å². The number of nitrogens with one attached hydrogen (secondary N) is 1. The normalized spacial score (nSPS) is 13.4. The topological polar surface area (TPSA) is 95.9 Å². The summed E-state index contributed by atoms with van der Waals surface area (Å²) in [6, 6.07) is -0.710. The summed E-state index contributed by atoms with van der Waals surface area (Å²) in [6.45, 7) is 6.48. The highest BCUT2D eigenvalue weighted by atomic mass is 16.5. The predicted molar refractivity (Wildman–Crippen MR) is 273 cm³/mol. The van der Waals surface area contributed by atoms with Crippen LogP contribution in [0.15, 0.2) is 36.5 Å². The zero-order valence-corrected chi connectivity index (χ0v) is 42.2. The summed E-state index contributed by atoms with van der Waals surface area (Å²) in [5, 5.41) is 23.8. The van der Waals surface area contributed by atoms with E-state index in [9.17, 15) is 19.8 Å². The molecule has 1 amide bonds. The van der Waals surface area contributed by atoms with Crippen LogP contribution in [-0.2, 0) is 14.3 Å². The number of hydrogen-bond acceptors (Lipinski definition) is 5. The Labute approximate surface area is 392 Å². The molecule has 0 aromatic heterocycles. The van der Waals surface area contributed by atoms with E-state index >= 15 is 0 Å². The number of unbranched alkanes of at least 4 members (excludes halogenated alkanes) is 34. The number of carbonyl (C=O) groups is 2. The van der Waals surface area contributed by atoms with Gasteiger partial charge in [0.2, 0.25) is 5.91 Å². The van der Waals surface area contributed by atoms with Gasteiger partial charge in [-0.2, -0.15) is 0 Å². The first kappa shape index (κ1) is 61.1. The second-order valence-corrected chi connectivity index (χ2v) is 19.1. The minimum absolute atomic E-state index is 0.0590. The molecule has 370 valence electrons. The summed E-state index contributed by atoms with van der Waals surface area (Å²) in [5.74, 6) is -0.493. The molecule has 0 aromatic carbocycles. The van der Waals surface area contributed by atoms with Crippen molar-refractivity contribution < 1.29 is 24.5 Å². The maximum atomic E-state index is 13.2. The zero-order valence-electron chi connectivity index (χ0n) is 42.2. The number of allylic oxidation sites excluding steroid dienone is 6. The smallest absolute Gasteiger partial charge is 0.306 e. The van der Waals surface area contributed by atoms with Crippen molar-refractivity contribution in [2.45, 2.75) is 309 Å². The van der Waals surface area contributed by atoms with Crippen molar-refractivity contribution in [1.82, 2.24) is 5.32 Å². The lowest BCUT2D eigenvalue weighted by atomic mass is 10.0. The van der Waals surface area contributed by atoms with E-state index in [-0.39, 0.29) is 24.9 Å². The van der Waals surface area contributed by atoms with E-state index in [0.717, 1.165) is 70.6 Å². The fourth-order valence-electron chi connectivity index (χ4n) is 8.55. The van der Waals surface area contributed by atoms with Crippen molar-refractivity contribution in [2.24, 2.45) is 0 Å². The molecule has 3 unspecified atom stereocenters. The molecule has 0 aromatic rings. The minimum atomic E-state index is -0.794. The number of aliphatic hydroxyl groups is 2. The number of aliphatic hydroxyl groups excluding tert-OH is 2. The molecule has 0 fully saturated rings. The summed E-state index contributed by atoms with van der Waals surface area (Å²) in [6.07, 6.45) is 60.6. The van der Waals surface area contributed by atoms with E-state index in [0.29, 0.717) is 19.3 Å². The summed E-state index contributed by atoms with van der Waals surface area (Å²) in [4.78, 5) is 26.2. The van der Waals surface area contributed by atoms with Gasteiger partial charge in [-0.3, -0.25) is 9.59 Å². The molecule has 6 nitrogen and oxygen atoms in total. The van der Waals surface area contributed by atoms with Gasteiger partial charge in [0.1, 0.15) is 6.10 Å². The van der Waals surface area contributed by atoms with Gasteiger partial charge in [0, 0.05) is 6.42 Å². The van der Waals surface area contributed by atoms with Crippen molar-refractivity contribution in [2.75, 3.05) is 6.61 Å². The summed E-state index contributed by atoms with van der Waals surface area (Å²) in [5.41, 5.74) is 0. The van der Waals surface area contributed by atoms with Crippen molar-refractivity contribution in [3.05, 3.63) is 36.5 Å². The molecule has 3 atom stereocenters. The number of hydrogen-bond donors (Lipinski definition) is 3. The molecule has 0 saturated heterocycles. The number of esters is 1. The molecule has 6 heteroatoms. The van der Waals surface area contributed by atoms with Gasteiger partial charge >= 0.3 is 5.97 Å². The van der Waals surface area contributed by atoms with E-state index in [1.54, 1.807) is 0 Å². The highest BCUT2D eigenvalue weighted by Crippen LogP contribution is 2.18. The zero-order chi connectivity index (χ0) is 45.9. The quantitative estimate of drug-likeness (QED) is 0.0321. The number of amides is 1. The van der Waals surface area contributed by atoms with E-state index in [1.807, 2.05) is 0 Å². The summed E-state index contributed by atoms with van der Waals surface area (Å²) < 4.78 is 5.94. The third-order valence-electron chi connectivity index (χ3n) is 12.8. The van der Waals surface area contributed by atoms with Gasteiger partial charge in [-0.1, -0.05) is 263 Å². The Morgan fingerprint density at radius 2 is 0.810 bits per heavy atom. The standard InChI is InChI=1S/C57H107NO5/c1-4-7-10-13-16-19-22-25-27-29-31-33-36-39-42-45-48-53(63-57(62)50-47-44-41-38-35-32-30-28-26-23-20-17-14-11-8-5-2)51-56(61)58-54(52-59)55(60)49-46-43-40-37-34-24-21-18-15-12-9-6-3/h22,25,27,29,31,33,53-55,59-60H,4-21,23-24,26,28,30,32,34-52H2,1-3H3,(H,58,61)/b25-22+,29-27+,33-31+. The Kier molecular flexibility index (Phi) is 49.5. The first-order valence-electron chi connectivity index (χ1n) is 27.7. The molecular formula is C57H107NO5. The SMILES string of the molecule is CCCCCCC/C=C/C=C/C=C/CCCCCC(CC(=O)NC(CO)C(O)CCCCCCCCCCCCCC)OC(=O)CCCCCCCCCCCCCCCCCC. The highest BCUT2D eigenvalue weighted by molar-refractivity contribution is 5.77. The van der Waals surface area contributed by atoms with Crippen LogP contribution >= 0.6 is 0 Å². The monoisotopic (exact) mass is 886 g/mol. The molecule has 0 spiro atoms. The molecule has 0 aliphatic carbocycles. The average molecular weight is 886 g/mol. The molecule has 0 radical (unpaired) electrons. The van der Waals surface area contributed by atoms with Gasteiger partial charge in [0.05, 0.1) is 25.2 Å². The Morgan fingerprint density at radius 3 is 1.22 bits per heavy atom. The Morgan fingerprint density at radius 1 is 0.460 bits per heavy atom. The van der Waals surface area contributed by atoms with Crippen LogP contribution in [0.4, 0.5) is 0 Å². The van der Waals surface area contributed by atoms with E-state index in [1.165, 1.54) is 173 Å². The molecule has 0 aliphatic rings. The number of ether oxygens (including phenoxy) is 1. The summed E-state index contributed by atoms with van der Waals surface area (Å²) >= 11 is 0. The van der Waals surface area contributed by atoms with Crippen LogP contribution in [0, 0.1) is 0 Å². The van der Waals surface area contributed by atoms with Gasteiger partial charge in [0.15, 0.2) is 0 Å². The second kappa shape index (κ2) is 51.1. The second-order valence-electron chi connectivity index (χ2n) is 19.1. The lowest BCUT2D eigenvalue weighted by Crippen LogP contribution is -2.46. The van der Waals surface area contributed by atoms with Gasteiger partial charge in [0.25, 0.3) is 0 Å². The Balaban J connectivity index is 4.61. The Bertz CT molecular complexity index is 1040. The molecule has 63 heavy (non-hydrogen) atoms. The largest absolute Gasteiger partial charge is 0.462 e. The van der Waals surface area contributed by atoms with Crippen LogP contribution in [0.25, 0.3) is 0 Å². The van der Waals surface area contributed by atoms with Crippen LogP contribution in [0.3, 0.4) is 0 Å². The van der Waals surface area contributed by atoms with Crippen LogP contribution in [0.2, 0.25) is 0 Å². The molecule has 3 N–H and O–H groups in total. The average Bonchev–Trinajstić information content (AvgIpc) is 3.28. The maximum Gasteiger partial charge on any atom is 0.306 e. The molecule has 0 rings (SSSR count). The highest BCUT2D eigenvalue weighted by Gasteiger charge is 2.24. The van der Waals surface area contributed by atoms with E-state index < -0.39 is 18.2 Å². The number of carbonyl (C=O) groups excluding carboxylic acids is 2. The van der Waals surface area contributed by atoms with Gasteiger partial charge < -0.3 is 20.3 Å². The molecule has 0 aliphatic heterocycles. The first-order valence-corrected chi connectivity index (χ1v) is 27.7. The molecular weight excluding hydrogens is 779 g/mol. The fraction of sp³-hybridized carbons (Fsp3) is 0.860. The first-order chi connectivity index (χ1) is 31.0. The maximum absolute atomic E-state index is 13.2. The van der Waals surface area contributed by atoms with Crippen LogP contribution in [0.5, 0.6) is 0 Å². The van der Waals surface area contributed by atoms with Crippen LogP contribution in [0.1, 0.15) is 290 Å². The third-order valence-corrected chi connectivity index (χ3v) is 12.8. The number of rotatable bonds is 50. The van der Waals surface area contributed by atoms with Gasteiger partial charge in [-0.05, 0) is 51.4 Å². The van der Waals surface area contributed by atoms with Gasteiger partial charge in [-0.15, -0.1) is 0 Å². The fourth-order valence-corrected chi connectivity index (χ4v) is 8.55. The minimum Gasteiger partial charge on any atom is -0.462 e. The molecule has 0 saturated carbocycles. The lowest BCUT2D eigenvalue weighted by molar-refractivity contribution is -0.151. The van der Waals surface area contributed by atoms with Crippen molar-refractivity contribution >= 4 is 11.9 Å². The van der Waals surface area contributed by atoms with Gasteiger partial charge in [-0.25, -0.2) is 0 Å². The van der Waals surface area contributed by atoms with Crippen molar-refractivity contribution in [1.29, 1.82) is 0 Å². The van der Waals surface area contributed by atoms with E-state index in [4.69, 9.17) is 4.74 Å². The lowest BCUT2D eigenvalue weighted by Gasteiger charge is -2.24. The van der Waals surface area contributed by atoms with Crippen molar-refractivity contribution in [3.8, 4) is 0 Å². The predicted octanol–water partition coefficient (Wildman–Crippen LogP) is 16.8. The van der Waals surface area contributed by atoms with Crippen LogP contribution in [-0.4, -0.2) is 46.9 Å². The van der Waals surface area contributed by atoms with E-state index in [2.05, 4.69) is 62.5 Å². The third kappa shape index (κ3) is 46.4. The summed E-state index contributed by atoms with van der Waals surface area (Å²) in [7, 11) is 0.